The van der Waals surface area contributed by atoms with Crippen LogP contribution in [0.15, 0.2) is 34.8 Å². The summed E-state index contributed by atoms with van der Waals surface area (Å²) in [5.41, 5.74) is 10.6. The summed E-state index contributed by atoms with van der Waals surface area (Å²) < 4.78 is 5.84. The van der Waals surface area contributed by atoms with Gasteiger partial charge in [0.05, 0.1) is 5.52 Å². The highest BCUT2D eigenvalue weighted by Crippen LogP contribution is 2.34. The van der Waals surface area contributed by atoms with Gasteiger partial charge in [-0.15, -0.1) is 5.10 Å². The van der Waals surface area contributed by atoms with Crippen molar-refractivity contribution in [3.63, 3.8) is 0 Å². The zero-order valence-electron chi connectivity index (χ0n) is 16.2. The lowest BCUT2D eigenvalue weighted by atomic mass is 9.84. The molecule has 0 atom stereocenters. The molecule has 3 N–H and O–H groups in total. The summed E-state index contributed by atoms with van der Waals surface area (Å²) in [6.45, 7) is 8.54. The zero-order valence-corrected chi connectivity index (χ0v) is 16.2. The predicted molar refractivity (Wildman–Crippen MR) is 109 cm³/mol. The van der Waals surface area contributed by atoms with E-state index < -0.39 is 0 Å². The Morgan fingerprint density at radius 3 is 2.56 bits per heavy atom. The van der Waals surface area contributed by atoms with Crippen molar-refractivity contribution in [2.24, 2.45) is 0 Å². The molecule has 1 aliphatic carbocycles. The Morgan fingerprint density at radius 1 is 1.11 bits per heavy atom. The second-order valence-electron chi connectivity index (χ2n) is 8.24. The van der Waals surface area contributed by atoms with Crippen molar-refractivity contribution in [1.29, 1.82) is 0 Å². The molecule has 1 aliphatic rings. The topological polar surface area (TPSA) is 89.9 Å². The largest absolute Gasteiger partial charge is 0.402 e. The Bertz CT molecular complexity index is 1020. The number of fused-ring (bicyclic) bond motifs is 1. The smallest absolute Gasteiger partial charge is 0.316 e. The van der Waals surface area contributed by atoms with Crippen molar-refractivity contribution in [2.75, 3.05) is 11.1 Å². The number of nitrogens with zero attached hydrogens (tertiary/aromatic N) is 3. The van der Waals surface area contributed by atoms with E-state index in [0.29, 0.717) is 23.6 Å². The van der Waals surface area contributed by atoms with Crippen LogP contribution in [0.25, 0.3) is 22.5 Å². The van der Waals surface area contributed by atoms with Crippen LogP contribution in [-0.4, -0.2) is 21.2 Å². The molecular weight excluding hydrogens is 338 g/mol. The third-order valence-electron chi connectivity index (χ3n) is 4.93. The fourth-order valence-electron chi connectivity index (χ4n) is 3.49. The van der Waals surface area contributed by atoms with Crippen LogP contribution in [0.4, 0.5) is 11.7 Å². The van der Waals surface area contributed by atoms with E-state index >= 15 is 0 Å². The normalized spacial score (nSPS) is 15.0. The van der Waals surface area contributed by atoms with E-state index in [9.17, 15) is 0 Å². The highest BCUT2D eigenvalue weighted by molar-refractivity contribution is 5.90. The van der Waals surface area contributed by atoms with Crippen LogP contribution in [0.5, 0.6) is 0 Å². The molecule has 0 radical (unpaired) electrons. The molecule has 0 amide bonds. The van der Waals surface area contributed by atoms with E-state index in [4.69, 9.17) is 15.1 Å². The summed E-state index contributed by atoms with van der Waals surface area (Å²) >= 11 is 0. The summed E-state index contributed by atoms with van der Waals surface area (Å²) in [5, 5.41) is 12.7. The van der Waals surface area contributed by atoms with Crippen molar-refractivity contribution in [2.45, 2.75) is 52.0 Å². The minimum absolute atomic E-state index is 0.0806. The number of nitrogens with one attached hydrogen (secondary N) is 1. The number of hydrogen-bond donors (Lipinski definition) is 2. The van der Waals surface area contributed by atoms with Crippen molar-refractivity contribution in [1.82, 2.24) is 15.2 Å². The Kier molecular flexibility index (Phi) is 4.13. The van der Waals surface area contributed by atoms with Gasteiger partial charge >= 0.3 is 6.01 Å². The monoisotopic (exact) mass is 363 g/mol. The van der Waals surface area contributed by atoms with E-state index in [1.165, 1.54) is 0 Å². The van der Waals surface area contributed by atoms with Gasteiger partial charge in [0.1, 0.15) is 5.69 Å². The Hall–Kier alpha value is -2.89. The van der Waals surface area contributed by atoms with Gasteiger partial charge in [-0.25, -0.2) is 4.98 Å². The minimum Gasteiger partial charge on any atom is -0.402 e. The first kappa shape index (κ1) is 17.5. The van der Waals surface area contributed by atoms with E-state index in [2.05, 4.69) is 55.4 Å². The maximum atomic E-state index is 6.14. The van der Waals surface area contributed by atoms with Crippen molar-refractivity contribution >= 4 is 22.6 Å². The first-order valence-electron chi connectivity index (χ1n) is 9.28. The average Bonchev–Trinajstić information content (AvgIpc) is 3.26. The molecular formula is C21H25N5O. The van der Waals surface area contributed by atoms with Gasteiger partial charge < -0.3 is 15.5 Å². The number of aromatic nitrogens is 3. The molecule has 140 valence electrons. The Balaban J connectivity index is 1.76. The molecule has 27 heavy (non-hydrogen) atoms. The number of pyridine rings is 1. The number of rotatable bonds is 3. The molecule has 1 aromatic carbocycles. The molecule has 2 aromatic heterocycles. The lowest BCUT2D eigenvalue weighted by Gasteiger charge is -2.22. The van der Waals surface area contributed by atoms with Gasteiger partial charge in [0.15, 0.2) is 0 Å². The van der Waals surface area contributed by atoms with Crippen LogP contribution in [0.1, 0.15) is 44.7 Å². The quantitative estimate of drug-likeness (QED) is 0.522. The lowest BCUT2D eigenvalue weighted by Crippen LogP contribution is -2.15. The molecule has 6 nitrogen and oxygen atoms in total. The highest BCUT2D eigenvalue weighted by atomic mass is 16.4. The summed E-state index contributed by atoms with van der Waals surface area (Å²) in [6, 6.07) is 6.71. The van der Waals surface area contributed by atoms with Gasteiger partial charge in [-0.3, -0.25) is 0 Å². The maximum absolute atomic E-state index is 6.14. The molecule has 4 rings (SSSR count). The van der Waals surface area contributed by atoms with Gasteiger partial charge in [-0.05, 0) is 54.5 Å². The predicted octanol–water partition coefficient (Wildman–Crippen LogP) is 4.60. The summed E-state index contributed by atoms with van der Waals surface area (Å²) in [5.74, 6) is 0.421. The fraction of sp³-hybridized carbons (Fsp3) is 0.381. The minimum atomic E-state index is -0.0806. The van der Waals surface area contributed by atoms with Crippen LogP contribution in [0.2, 0.25) is 0 Å². The lowest BCUT2D eigenvalue weighted by molar-refractivity contribution is 0.566. The number of hydrogen-bond acceptors (Lipinski definition) is 6. The number of nitrogen functional groups attached to an aromatic ring is 1. The molecule has 3 aromatic rings. The molecule has 0 aliphatic heterocycles. The number of benzene rings is 1. The second-order valence-corrected chi connectivity index (χ2v) is 8.24. The molecule has 0 spiro atoms. The second kappa shape index (κ2) is 6.37. The third kappa shape index (κ3) is 3.39. The molecule has 0 saturated heterocycles. The standard InChI is InChI=1S/C21H25N5O/c1-12-9-17(19-25-26-20(27-19)23-14-7-5-6-8-14)24-18-15(12)10-13(22)11-16(18)21(2,3)4/h5-6,9-11,14H,7-8,22H2,1-4H3,(H,23,26). The van der Waals surface area contributed by atoms with Crippen LogP contribution < -0.4 is 11.1 Å². The van der Waals surface area contributed by atoms with Crippen molar-refractivity contribution in [3.8, 4) is 11.6 Å². The van der Waals surface area contributed by atoms with E-state index in [-0.39, 0.29) is 5.41 Å². The van der Waals surface area contributed by atoms with Gasteiger partial charge in [0.2, 0.25) is 0 Å². The molecule has 0 bridgehead atoms. The maximum Gasteiger partial charge on any atom is 0.316 e. The molecule has 0 saturated carbocycles. The van der Waals surface area contributed by atoms with Crippen molar-refractivity contribution < 1.29 is 4.42 Å². The Labute approximate surface area is 158 Å². The summed E-state index contributed by atoms with van der Waals surface area (Å²) in [7, 11) is 0. The molecule has 0 fully saturated rings. The number of anilines is 2. The van der Waals surface area contributed by atoms with Gasteiger partial charge in [-0.1, -0.05) is 38.0 Å². The Morgan fingerprint density at radius 2 is 1.85 bits per heavy atom. The fourth-order valence-corrected chi connectivity index (χ4v) is 3.49. The molecule has 2 heterocycles. The van der Waals surface area contributed by atoms with Crippen LogP contribution in [-0.2, 0) is 5.41 Å². The average molecular weight is 363 g/mol. The van der Waals surface area contributed by atoms with Gasteiger partial charge in [0, 0.05) is 17.1 Å². The van der Waals surface area contributed by atoms with E-state index in [1.807, 2.05) is 18.2 Å². The van der Waals surface area contributed by atoms with E-state index in [1.54, 1.807) is 0 Å². The molecule has 0 unspecified atom stereocenters. The van der Waals surface area contributed by atoms with E-state index in [0.717, 1.165) is 40.6 Å². The van der Waals surface area contributed by atoms with Crippen LogP contribution in [0, 0.1) is 6.92 Å². The van der Waals surface area contributed by atoms with Crippen LogP contribution >= 0.6 is 0 Å². The van der Waals surface area contributed by atoms with Gasteiger partial charge in [0.25, 0.3) is 5.89 Å². The number of nitrogens with two attached hydrogens (primary N) is 1. The van der Waals surface area contributed by atoms with Gasteiger partial charge in [-0.2, -0.15) is 0 Å². The van der Waals surface area contributed by atoms with Crippen LogP contribution in [0.3, 0.4) is 0 Å². The first-order valence-corrected chi connectivity index (χ1v) is 9.28. The third-order valence-corrected chi connectivity index (χ3v) is 4.93. The molecule has 6 heteroatoms. The van der Waals surface area contributed by atoms with Crippen molar-refractivity contribution in [3.05, 3.63) is 41.5 Å². The first-order chi connectivity index (χ1) is 12.8. The SMILES string of the molecule is Cc1cc(-c2nnc(NC3CC=CC3)o2)nc2c(C(C)(C)C)cc(N)cc12. The summed E-state index contributed by atoms with van der Waals surface area (Å²) in [6.07, 6.45) is 6.26. The highest BCUT2D eigenvalue weighted by Gasteiger charge is 2.21. The zero-order chi connectivity index (χ0) is 19.2. The summed E-state index contributed by atoms with van der Waals surface area (Å²) in [4.78, 5) is 4.87. The number of aryl methyl sites for hydroxylation is 1.